The van der Waals surface area contributed by atoms with Gasteiger partial charge in [-0.15, -0.1) is 0 Å². The number of benzene rings is 2. The van der Waals surface area contributed by atoms with Gasteiger partial charge in [0, 0.05) is 35.9 Å². The molecule has 37 heavy (non-hydrogen) atoms. The smallest absolute Gasteiger partial charge is 0.328 e. The first kappa shape index (κ1) is 28.0. The molecule has 0 aliphatic rings. The molecule has 1 heterocycles. The van der Waals surface area contributed by atoms with Crippen LogP contribution in [0.15, 0.2) is 81.8 Å². The molecule has 0 radical (unpaired) electrons. The van der Waals surface area contributed by atoms with Crippen LogP contribution in [0.25, 0.3) is 0 Å². The van der Waals surface area contributed by atoms with E-state index in [2.05, 4.69) is 10.3 Å². The second kappa shape index (κ2) is 12.1. The number of aryl methyl sites for hydroxylation is 1. The van der Waals surface area contributed by atoms with Crippen LogP contribution in [0, 0.1) is 0 Å². The number of amides is 1. The van der Waals surface area contributed by atoms with Gasteiger partial charge in [-0.05, 0) is 48.2 Å². The Morgan fingerprint density at radius 3 is 2.08 bits per heavy atom. The number of aromatic amines is 1. The zero-order valence-electron chi connectivity index (χ0n) is 20.1. The van der Waals surface area contributed by atoms with E-state index in [1.54, 1.807) is 48.5 Å². The van der Waals surface area contributed by atoms with Crippen molar-refractivity contribution in [2.24, 2.45) is 11.6 Å². The Morgan fingerprint density at radius 1 is 1.05 bits per heavy atom. The van der Waals surface area contributed by atoms with E-state index in [1.165, 1.54) is 28.9 Å². The number of aliphatic hydroxyl groups is 1. The minimum Gasteiger partial charge on any atom is -0.393 e. The minimum atomic E-state index is -1.63. The van der Waals surface area contributed by atoms with Crippen molar-refractivity contribution in [1.29, 1.82) is 0 Å². The largest absolute Gasteiger partial charge is 0.393 e. The molecule has 3 aromatic rings. The van der Waals surface area contributed by atoms with Crippen LogP contribution in [-0.4, -0.2) is 39.2 Å². The van der Waals surface area contributed by atoms with Gasteiger partial charge in [-0.2, -0.15) is 0 Å². The van der Waals surface area contributed by atoms with E-state index in [9.17, 15) is 19.5 Å². The zero-order valence-corrected chi connectivity index (χ0v) is 21.6. The van der Waals surface area contributed by atoms with Crippen molar-refractivity contribution < 1.29 is 9.90 Å². The first-order chi connectivity index (χ1) is 17.5. The molecule has 1 amide bonds. The van der Waals surface area contributed by atoms with Gasteiger partial charge in [0.25, 0.3) is 11.5 Å². The molecule has 3 rings (SSSR count). The third-order valence-corrected chi connectivity index (χ3v) is 6.39. The highest BCUT2D eigenvalue weighted by molar-refractivity contribution is 6.30. The lowest BCUT2D eigenvalue weighted by atomic mass is 9.86. The Labute approximate surface area is 223 Å². The summed E-state index contributed by atoms with van der Waals surface area (Å²) in [7, 11) is 1.44. The fraction of sp³-hybridized carbons (Fsp3) is 0.240. The summed E-state index contributed by atoms with van der Waals surface area (Å²) in [5, 5.41) is 16.6. The van der Waals surface area contributed by atoms with Crippen LogP contribution in [-0.2, 0) is 16.9 Å². The number of allylic oxidation sites excluding steroid dienone is 1. The van der Waals surface area contributed by atoms with E-state index < -0.39 is 22.8 Å². The quantitative estimate of drug-likeness (QED) is 0.147. The van der Waals surface area contributed by atoms with E-state index in [0.29, 0.717) is 27.6 Å². The lowest BCUT2D eigenvalue weighted by Gasteiger charge is -2.35. The fourth-order valence-corrected chi connectivity index (χ4v) is 4.13. The minimum absolute atomic E-state index is 0.131. The number of likely N-dealkylation sites (N-methyl/N-ethyl adjacent to an activating group) is 1. The van der Waals surface area contributed by atoms with Gasteiger partial charge >= 0.3 is 5.69 Å². The van der Waals surface area contributed by atoms with E-state index in [4.69, 9.17) is 34.8 Å². The molecule has 0 saturated carbocycles. The van der Waals surface area contributed by atoms with Crippen LogP contribution in [0.2, 0.25) is 10.0 Å². The monoisotopic (exact) mass is 546 g/mol. The Kier molecular flexibility index (Phi) is 9.17. The molecule has 0 atom stereocenters. The summed E-state index contributed by atoms with van der Waals surface area (Å²) in [5.74, 6) is 5.90. The van der Waals surface area contributed by atoms with Gasteiger partial charge < -0.3 is 25.7 Å². The molecular formula is C25H28Cl2N6O4. The van der Waals surface area contributed by atoms with E-state index in [0.717, 1.165) is 0 Å². The first-order valence-electron chi connectivity index (χ1n) is 11.3. The summed E-state index contributed by atoms with van der Waals surface area (Å²) in [5.41, 5.74) is 4.61. The number of carbonyl (C=O) groups excluding carboxylic acids is 1. The number of nitrogens with two attached hydrogens (primary N) is 2. The molecule has 2 aromatic carbocycles. The summed E-state index contributed by atoms with van der Waals surface area (Å²) in [6.07, 6.45) is 1.93. The molecule has 12 heteroatoms. The van der Waals surface area contributed by atoms with Crippen LogP contribution >= 0.6 is 23.2 Å². The second-order valence-corrected chi connectivity index (χ2v) is 9.22. The number of nitrogens with one attached hydrogen (secondary N) is 2. The van der Waals surface area contributed by atoms with Gasteiger partial charge in [0.15, 0.2) is 0 Å². The van der Waals surface area contributed by atoms with Gasteiger partial charge in [-0.1, -0.05) is 47.5 Å². The van der Waals surface area contributed by atoms with Crippen LogP contribution in [0.4, 0.5) is 0 Å². The summed E-state index contributed by atoms with van der Waals surface area (Å²) in [6.45, 7) is 0.0501. The molecule has 0 saturated heterocycles. The maximum atomic E-state index is 12.4. The van der Waals surface area contributed by atoms with Crippen molar-refractivity contribution in [2.45, 2.75) is 25.0 Å². The molecular weight excluding hydrogens is 519 g/mol. The number of rotatable bonds is 10. The SMILES string of the molecule is CNC(=O)/C(N)=C(\CCCn1ccc(=O)[nH]c1=O)N(N)CC(O)(c1ccc(Cl)cc1)c1ccc(Cl)cc1. The Balaban J connectivity index is 1.94. The van der Waals surface area contributed by atoms with E-state index in [-0.39, 0.29) is 30.9 Å². The molecule has 0 fully saturated rings. The number of carbonyl (C=O) groups is 1. The van der Waals surface area contributed by atoms with Crippen LogP contribution in [0.1, 0.15) is 24.0 Å². The predicted molar refractivity (Wildman–Crippen MR) is 143 cm³/mol. The lowest BCUT2D eigenvalue weighted by Crippen LogP contribution is -2.46. The van der Waals surface area contributed by atoms with Crippen molar-refractivity contribution in [2.75, 3.05) is 13.6 Å². The molecule has 0 aliphatic carbocycles. The average Bonchev–Trinajstić information content (AvgIpc) is 2.87. The van der Waals surface area contributed by atoms with E-state index >= 15 is 0 Å². The molecule has 1 aromatic heterocycles. The number of aromatic nitrogens is 2. The molecule has 0 aliphatic heterocycles. The summed E-state index contributed by atoms with van der Waals surface area (Å²) in [6, 6.07) is 14.6. The number of hydrazine groups is 1. The molecule has 0 spiro atoms. The fourth-order valence-electron chi connectivity index (χ4n) is 3.88. The molecule has 0 bridgehead atoms. The third kappa shape index (κ3) is 6.80. The van der Waals surface area contributed by atoms with Crippen molar-refractivity contribution in [3.05, 3.63) is 114 Å². The number of halogens is 2. The topological polar surface area (TPSA) is 159 Å². The van der Waals surface area contributed by atoms with Crippen molar-refractivity contribution in [1.82, 2.24) is 19.9 Å². The van der Waals surface area contributed by atoms with Crippen molar-refractivity contribution in [3.8, 4) is 0 Å². The Hall–Kier alpha value is -3.57. The number of H-pyrrole nitrogens is 1. The maximum Gasteiger partial charge on any atom is 0.328 e. The Bertz CT molecular complexity index is 1340. The van der Waals surface area contributed by atoms with Crippen LogP contribution < -0.4 is 28.1 Å². The summed E-state index contributed by atoms with van der Waals surface area (Å²) in [4.78, 5) is 37.9. The summed E-state index contributed by atoms with van der Waals surface area (Å²) < 4.78 is 1.33. The van der Waals surface area contributed by atoms with Gasteiger partial charge in [-0.25, -0.2) is 10.6 Å². The number of hydrogen-bond acceptors (Lipinski definition) is 7. The average molecular weight is 547 g/mol. The van der Waals surface area contributed by atoms with Crippen molar-refractivity contribution >= 4 is 29.1 Å². The van der Waals surface area contributed by atoms with Gasteiger partial charge in [-0.3, -0.25) is 14.6 Å². The first-order valence-corrected chi connectivity index (χ1v) is 12.1. The summed E-state index contributed by atoms with van der Waals surface area (Å²) >= 11 is 12.1. The van der Waals surface area contributed by atoms with Gasteiger partial charge in [0.1, 0.15) is 11.3 Å². The highest BCUT2D eigenvalue weighted by atomic mass is 35.5. The van der Waals surface area contributed by atoms with Gasteiger partial charge in [0.2, 0.25) is 0 Å². The lowest BCUT2D eigenvalue weighted by molar-refractivity contribution is -0.117. The standard InChI is InChI=1S/C25H28Cl2N6O4/c1-30-23(35)22(28)20(3-2-13-32-14-12-21(34)31-24(32)36)33(29)15-25(37,16-4-8-18(26)9-5-16)17-6-10-19(27)11-7-17/h4-12,14,37H,2-3,13,15,28-29H2,1H3,(H,30,35)(H,31,34,36)/b22-20-. The zero-order chi connectivity index (χ0) is 27.2. The van der Waals surface area contributed by atoms with Crippen molar-refractivity contribution in [3.63, 3.8) is 0 Å². The number of nitrogens with zero attached hydrogens (tertiary/aromatic N) is 2. The highest BCUT2D eigenvalue weighted by Crippen LogP contribution is 2.33. The normalized spacial score (nSPS) is 12.1. The molecule has 10 nitrogen and oxygen atoms in total. The van der Waals surface area contributed by atoms with Gasteiger partial charge in [0.05, 0.1) is 12.2 Å². The van der Waals surface area contributed by atoms with Crippen LogP contribution in [0.3, 0.4) is 0 Å². The molecule has 7 N–H and O–H groups in total. The maximum absolute atomic E-state index is 12.4. The van der Waals surface area contributed by atoms with E-state index in [1.807, 2.05) is 0 Å². The second-order valence-electron chi connectivity index (χ2n) is 8.35. The molecule has 196 valence electrons. The predicted octanol–water partition coefficient (Wildman–Crippen LogP) is 1.65. The highest BCUT2D eigenvalue weighted by Gasteiger charge is 2.35. The molecule has 0 unspecified atom stereocenters. The third-order valence-electron chi connectivity index (χ3n) is 5.88. The Morgan fingerprint density at radius 2 is 1.59 bits per heavy atom. The van der Waals surface area contributed by atoms with Crippen LogP contribution in [0.5, 0.6) is 0 Å². The number of hydrogen-bond donors (Lipinski definition) is 5.